The molecule has 0 aromatic heterocycles. The summed E-state index contributed by atoms with van der Waals surface area (Å²) in [7, 11) is 0. The van der Waals surface area contributed by atoms with Crippen LogP contribution in [0.25, 0.3) is 0 Å². The number of hydrogen-bond donors (Lipinski definition) is 2. The van der Waals surface area contributed by atoms with E-state index in [1.54, 1.807) is 0 Å². The number of amides is 2. The zero-order chi connectivity index (χ0) is 23.1. The van der Waals surface area contributed by atoms with Crippen LogP contribution in [-0.2, 0) is 9.59 Å². The molecule has 2 N–H and O–H groups in total. The van der Waals surface area contributed by atoms with E-state index in [2.05, 4.69) is 10.6 Å². The maximum absolute atomic E-state index is 13.6. The largest absolute Gasteiger partial charge is 0.484 e. The molecule has 0 saturated heterocycles. The van der Waals surface area contributed by atoms with Crippen LogP contribution >= 0.6 is 11.6 Å². The lowest BCUT2D eigenvalue weighted by Crippen LogP contribution is -2.84. The van der Waals surface area contributed by atoms with Crippen molar-refractivity contribution in [3.63, 3.8) is 0 Å². The summed E-state index contributed by atoms with van der Waals surface area (Å²) in [5, 5.41) is 5.50. The van der Waals surface area contributed by atoms with Crippen molar-refractivity contribution in [1.82, 2.24) is 10.6 Å². The Kier molecular flexibility index (Phi) is 5.66. The number of ether oxygens (including phenoxy) is 2. The third-order valence-corrected chi connectivity index (χ3v) is 5.72. The van der Waals surface area contributed by atoms with Gasteiger partial charge >= 0.3 is 0 Å². The minimum absolute atomic E-state index is 0.0543. The van der Waals surface area contributed by atoms with Crippen LogP contribution in [0.5, 0.6) is 11.5 Å². The van der Waals surface area contributed by atoms with Gasteiger partial charge in [0, 0.05) is 29.3 Å². The third-order valence-electron chi connectivity index (χ3n) is 5.41. The van der Waals surface area contributed by atoms with Crippen LogP contribution in [-0.4, -0.2) is 36.1 Å². The second kappa shape index (κ2) is 8.16. The van der Waals surface area contributed by atoms with Crippen molar-refractivity contribution in [2.75, 3.05) is 13.2 Å². The first-order valence-electron chi connectivity index (χ1n) is 9.56. The average molecular weight is 473 g/mol. The molecule has 0 unspecified atom stereocenters. The topological polar surface area (TPSA) is 76.7 Å². The molecule has 170 valence electrons. The molecule has 32 heavy (non-hydrogen) atoms. The number of rotatable bonds is 8. The average Bonchev–Trinajstić information content (AvgIpc) is 2.65. The smallest absolute Gasteiger partial charge is 0.258 e. The first kappa shape index (κ1) is 22.2. The SMILES string of the molecule is O=C(COc1ccc(Cl)c(F)c1)NC12CC(NC(=O)COc3c(F)cc(F)cc3F)(C1)C2. The molecule has 2 aromatic rings. The zero-order valence-electron chi connectivity index (χ0n) is 16.4. The summed E-state index contributed by atoms with van der Waals surface area (Å²) in [6.07, 6.45) is 1.44. The number of carbonyl (C=O) groups is 2. The van der Waals surface area contributed by atoms with Crippen LogP contribution in [0.15, 0.2) is 30.3 Å². The van der Waals surface area contributed by atoms with E-state index in [4.69, 9.17) is 21.1 Å². The van der Waals surface area contributed by atoms with Crippen LogP contribution in [0.2, 0.25) is 5.02 Å². The van der Waals surface area contributed by atoms with Gasteiger partial charge in [-0.3, -0.25) is 9.59 Å². The molecule has 0 heterocycles. The fourth-order valence-electron chi connectivity index (χ4n) is 4.24. The van der Waals surface area contributed by atoms with E-state index in [0.717, 1.165) is 6.07 Å². The fraction of sp³-hybridized carbons (Fsp3) is 0.333. The molecule has 11 heteroatoms. The van der Waals surface area contributed by atoms with E-state index in [-0.39, 0.29) is 17.4 Å². The molecule has 5 rings (SSSR count). The highest BCUT2D eigenvalue weighted by Gasteiger charge is 2.69. The Balaban J connectivity index is 1.20. The predicted octanol–water partition coefficient (Wildman–Crippen LogP) is 3.26. The normalized spacial score (nSPS) is 22.9. The number of benzene rings is 2. The molecule has 3 fully saturated rings. The Morgan fingerprint density at radius 2 is 1.38 bits per heavy atom. The Labute approximate surface area is 184 Å². The molecular formula is C21H17ClF4N2O4. The van der Waals surface area contributed by atoms with Gasteiger partial charge in [0.1, 0.15) is 17.4 Å². The van der Waals surface area contributed by atoms with Crippen LogP contribution in [0, 0.1) is 23.3 Å². The maximum atomic E-state index is 13.6. The van der Waals surface area contributed by atoms with Gasteiger partial charge in [-0.05, 0) is 31.4 Å². The van der Waals surface area contributed by atoms with E-state index in [1.165, 1.54) is 12.1 Å². The lowest BCUT2D eigenvalue weighted by molar-refractivity contribution is -0.151. The number of nitrogens with one attached hydrogen (secondary N) is 2. The lowest BCUT2D eigenvalue weighted by Gasteiger charge is -2.70. The Morgan fingerprint density at radius 3 is 1.91 bits per heavy atom. The van der Waals surface area contributed by atoms with Crippen molar-refractivity contribution >= 4 is 23.4 Å². The molecule has 0 radical (unpaired) electrons. The highest BCUT2D eigenvalue weighted by molar-refractivity contribution is 6.30. The van der Waals surface area contributed by atoms with Gasteiger partial charge in [-0.2, -0.15) is 0 Å². The first-order chi connectivity index (χ1) is 15.1. The standard InChI is InChI=1S/C21H17ClF4N2O4/c22-13-2-1-12(5-14(13)24)31-6-17(29)27-20-8-21(9-20,10-20)28-18(30)7-32-19-15(25)3-11(23)4-16(19)26/h1-5H,6-10H2,(H,27,29)(H,28,30). The van der Waals surface area contributed by atoms with Gasteiger partial charge < -0.3 is 20.1 Å². The summed E-state index contributed by atoms with van der Waals surface area (Å²) in [6, 6.07) is 4.75. The second-order valence-corrected chi connectivity index (χ2v) is 8.45. The quantitative estimate of drug-likeness (QED) is 0.578. The Hall–Kier alpha value is -3.01. The second-order valence-electron chi connectivity index (χ2n) is 8.04. The first-order valence-corrected chi connectivity index (χ1v) is 9.94. The fourth-order valence-corrected chi connectivity index (χ4v) is 4.35. The van der Waals surface area contributed by atoms with E-state index in [1.807, 2.05) is 0 Å². The molecule has 3 aliphatic carbocycles. The minimum Gasteiger partial charge on any atom is -0.484 e. The minimum atomic E-state index is -1.24. The van der Waals surface area contributed by atoms with Crippen LogP contribution in [0.3, 0.4) is 0 Å². The molecule has 0 spiro atoms. The molecule has 2 bridgehead atoms. The van der Waals surface area contributed by atoms with Gasteiger partial charge in [-0.1, -0.05) is 11.6 Å². The van der Waals surface area contributed by atoms with Crippen molar-refractivity contribution in [1.29, 1.82) is 0 Å². The molecule has 0 aliphatic heterocycles. The van der Waals surface area contributed by atoms with Gasteiger partial charge in [0.2, 0.25) is 0 Å². The van der Waals surface area contributed by atoms with E-state index in [0.29, 0.717) is 31.4 Å². The highest BCUT2D eigenvalue weighted by Crippen LogP contribution is 2.60. The Bertz CT molecular complexity index is 1050. The Morgan fingerprint density at radius 1 is 0.844 bits per heavy atom. The lowest BCUT2D eigenvalue weighted by atomic mass is 9.44. The summed E-state index contributed by atoms with van der Waals surface area (Å²) < 4.78 is 63.5. The van der Waals surface area contributed by atoms with Crippen molar-refractivity contribution in [3.05, 3.63) is 58.6 Å². The number of hydrogen-bond acceptors (Lipinski definition) is 4. The van der Waals surface area contributed by atoms with E-state index < -0.39 is 58.5 Å². The molecule has 2 amide bonds. The van der Waals surface area contributed by atoms with Gasteiger partial charge in [-0.25, -0.2) is 17.6 Å². The third kappa shape index (κ3) is 4.45. The van der Waals surface area contributed by atoms with Crippen molar-refractivity contribution < 1.29 is 36.6 Å². The van der Waals surface area contributed by atoms with Gasteiger partial charge in [0.15, 0.2) is 30.6 Å². The van der Waals surface area contributed by atoms with Gasteiger partial charge in [0.25, 0.3) is 11.8 Å². The molecular weight excluding hydrogens is 456 g/mol. The van der Waals surface area contributed by atoms with Crippen LogP contribution in [0.1, 0.15) is 19.3 Å². The molecule has 3 aliphatic rings. The monoisotopic (exact) mass is 472 g/mol. The number of halogens is 5. The molecule has 3 saturated carbocycles. The van der Waals surface area contributed by atoms with Crippen molar-refractivity contribution in [2.45, 2.75) is 30.3 Å². The summed E-state index contributed by atoms with van der Waals surface area (Å²) in [6.45, 7) is -0.961. The van der Waals surface area contributed by atoms with Crippen LogP contribution in [0.4, 0.5) is 17.6 Å². The number of carbonyl (C=O) groups excluding carboxylic acids is 2. The maximum Gasteiger partial charge on any atom is 0.258 e. The summed E-state index contributed by atoms with van der Waals surface area (Å²) in [5.41, 5.74) is -0.983. The molecule has 2 aromatic carbocycles. The summed E-state index contributed by atoms with van der Waals surface area (Å²) in [5.74, 6) is -5.90. The zero-order valence-corrected chi connectivity index (χ0v) is 17.2. The van der Waals surface area contributed by atoms with Gasteiger partial charge in [-0.15, -0.1) is 0 Å². The van der Waals surface area contributed by atoms with Crippen molar-refractivity contribution in [2.24, 2.45) is 0 Å². The van der Waals surface area contributed by atoms with E-state index in [9.17, 15) is 27.2 Å². The van der Waals surface area contributed by atoms with Gasteiger partial charge in [0.05, 0.1) is 5.02 Å². The molecule has 6 nitrogen and oxygen atoms in total. The summed E-state index contributed by atoms with van der Waals surface area (Å²) >= 11 is 5.59. The van der Waals surface area contributed by atoms with Crippen molar-refractivity contribution in [3.8, 4) is 11.5 Å². The predicted molar refractivity (Wildman–Crippen MR) is 104 cm³/mol. The highest BCUT2D eigenvalue weighted by atomic mass is 35.5. The van der Waals surface area contributed by atoms with Crippen LogP contribution < -0.4 is 20.1 Å². The molecule has 0 atom stereocenters. The van der Waals surface area contributed by atoms with E-state index >= 15 is 0 Å². The summed E-state index contributed by atoms with van der Waals surface area (Å²) in [4.78, 5) is 24.2.